The molecule has 2 N–H and O–H groups in total. The van der Waals surface area contributed by atoms with Crippen molar-refractivity contribution in [2.75, 3.05) is 20.1 Å². The highest BCUT2D eigenvalue weighted by Crippen LogP contribution is 2.04. The van der Waals surface area contributed by atoms with Gasteiger partial charge in [0.15, 0.2) is 0 Å². The topological polar surface area (TPSA) is 46.3 Å². The van der Waals surface area contributed by atoms with Crippen LogP contribution in [0.2, 0.25) is 0 Å². The molecule has 0 atom stereocenters. The standard InChI is InChI=1S/C13H20N2O/c1-15(13(16)11-14)10-6-5-9-12-7-3-2-4-8-12/h2-4,7-8H,5-6,9-11,14H2,1H3. The monoisotopic (exact) mass is 220 g/mol. The third kappa shape index (κ3) is 4.45. The highest BCUT2D eigenvalue weighted by Gasteiger charge is 2.04. The molecule has 0 aliphatic carbocycles. The van der Waals surface area contributed by atoms with E-state index >= 15 is 0 Å². The van der Waals surface area contributed by atoms with E-state index in [4.69, 9.17) is 5.73 Å². The van der Waals surface area contributed by atoms with E-state index in [0.29, 0.717) is 0 Å². The maximum atomic E-state index is 11.2. The molecule has 0 aliphatic heterocycles. The fourth-order valence-corrected chi connectivity index (χ4v) is 1.60. The van der Waals surface area contributed by atoms with Crippen molar-refractivity contribution in [1.82, 2.24) is 4.90 Å². The quantitative estimate of drug-likeness (QED) is 0.737. The molecule has 0 aromatic heterocycles. The average molecular weight is 220 g/mol. The molecule has 1 rings (SSSR count). The van der Waals surface area contributed by atoms with Crippen LogP contribution in [0.4, 0.5) is 0 Å². The number of amides is 1. The van der Waals surface area contributed by atoms with Crippen molar-refractivity contribution in [3.8, 4) is 0 Å². The zero-order valence-electron chi connectivity index (χ0n) is 9.86. The van der Waals surface area contributed by atoms with Gasteiger partial charge in [0.25, 0.3) is 0 Å². The maximum absolute atomic E-state index is 11.2. The first kappa shape index (κ1) is 12.7. The van der Waals surface area contributed by atoms with E-state index in [-0.39, 0.29) is 12.5 Å². The van der Waals surface area contributed by atoms with E-state index in [2.05, 4.69) is 24.3 Å². The Balaban J connectivity index is 2.15. The lowest BCUT2D eigenvalue weighted by Crippen LogP contribution is -2.33. The molecule has 88 valence electrons. The Morgan fingerprint density at radius 3 is 2.56 bits per heavy atom. The number of aryl methyl sites for hydroxylation is 1. The molecule has 0 fully saturated rings. The Hall–Kier alpha value is -1.35. The predicted molar refractivity (Wildman–Crippen MR) is 66.1 cm³/mol. The molecule has 0 saturated carbocycles. The number of nitrogens with two attached hydrogens (primary N) is 1. The zero-order valence-corrected chi connectivity index (χ0v) is 9.86. The van der Waals surface area contributed by atoms with Gasteiger partial charge in [-0.1, -0.05) is 30.3 Å². The van der Waals surface area contributed by atoms with Gasteiger partial charge < -0.3 is 10.6 Å². The molecule has 1 aromatic carbocycles. The lowest BCUT2D eigenvalue weighted by molar-refractivity contribution is -0.128. The Kier molecular flexibility index (Phi) is 5.57. The molecule has 3 heteroatoms. The van der Waals surface area contributed by atoms with E-state index < -0.39 is 0 Å². The first-order valence-corrected chi connectivity index (χ1v) is 5.72. The molecule has 0 heterocycles. The van der Waals surface area contributed by atoms with Gasteiger partial charge >= 0.3 is 0 Å². The van der Waals surface area contributed by atoms with Crippen LogP contribution in [0, 0.1) is 0 Å². The van der Waals surface area contributed by atoms with Crippen LogP contribution in [-0.2, 0) is 11.2 Å². The fourth-order valence-electron chi connectivity index (χ4n) is 1.60. The van der Waals surface area contributed by atoms with Crippen molar-refractivity contribution in [1.29, 1.82) is 0 Å². The van der Waals surface area contributed by atoms with Crippen LogP contribution in [-0.4, -0.2) is 30.9 Å². The molecule has 3 nitrogen and oxygen atoms in total. The van der Waals surface area contributed by atoms with Crippen LogP contribution in [0.3, 0.4) is 0 Å². The first-order chi connectivity index (χ1) is 7.74. The number of unbranched alkanes of at least 4 members (excludes halogenated alkanes) is 1. The molecule has 0 unspecified atom stereocenters. The largest absolute Gasteiger partial charge is 0.345 e. The summed E-state index contributed by atoms with van der Waals surface area (Å²) in [6, 6.07) is 10.4. The van der Waals surface area contributed by atoms with Crippen LogP contribution in [0.5, 0.6) is 0 Å². The number of carbonyl (C=O) groups is 1. The molecular weight excluding hydrogens is 200 g/mol. The highest BCUT2D eigenvalue weighted by molar-refractivity contribution is 5.77. The number of likely N-dealkylation sites (N-methyl/N-ethyl adjacent to an activating group) is 1. The van der Waals surface area contributed by atoms with Crippen molar-refractivity contribution in [2.45, 2.75) is 19.3 Å². The fraction of sp³-hybridized carbons (Fsp3) is 0.462. The van der Waals surface area contributed by atoms with Crippen molar-refractivity contribution < 1.29 is 4.79 Å². The van der Waals surface area contributed by atoms with Crippen molar-refractivity contribution in [2.24, 2.45) is 5.73 Å². The normalized spacial score (nSPS) is 10.1. The number of hydrogen-bond donors (Lipinski definition) is 1. The molecular formula is C13H20N2O. The first-order valence-electron chi connectivity index (χ1n) is 5.72. The SMILES string of the molecule is CN(CCCCc1ccccc1)C(=O)CN. The molecule has 0 saturated heterocycles. The van der Waals surface area contributed by atoms with Gasteiger partial charge in [0.05, 0.1) is 6.54 Å². The smallest absolute Gasteiger partial charge is 0.236 e. The second-order valence-electron chi connectivity index (χ2n) is 3.96. The number of nitrogens with zero attached hydrogens (tertiary/aromatic N) is 1. The van der Waals surface area contributed by atoms with Gasteiger partial charge in [0, 0.05) is 13.6 Å². The van der Waals surface area contributed by atoms with Gasteiger partial charge in [-0.3, -0.25) is 4.79 Å². The van der Waals surface area contributed by atoms with E-state index in [9.17, 15) is 4.79 Å². The van der Waals surface area contributed by atoms with Gasteiger partial charge in [-0.05, 0) is 24.8 Å². The Labute approximate surface area is 97.2 Å². The summed E-state index contributed by atoms with van der Waals surface area (Å²) in [5.74, 6) is 0.0136. The molecule has 16 heavy (non-hydrogen) atoms. The van der Waals surface area contributed by atoms with Crippen LogP contribution < -0.4 is 5.73 Å². The number of rotatable bonds is 6. The molecule has 1 amide bonds. The molecule has 1 aromatic rings. The minimum atomic E-state index is 0.0136. The van der Waals surface area contributed by atoms with Crippen molar-refractivity contribution >= 4 is 5.91 Å². The molecule has 0 aliphatic rings. The van der Waals surface area contributed by atoms with E-state index in [0.717, 1.165) is 25.8 Å². The second kappa shape index (κ2) is 7.01. The minimum Gasteiger partial charge on any atom is -0.345 e. The van der Waals surface area contributed by atoms with Crippen LogP contribution in [0.15, 0.2) is 30.3 Å². The summed E-state index contributed by atoms with van der Waals surface area (Å²) in [5, 5.41) is 0. The lowest BCUT2D eigenvalue weighted by Gasteiger charge is -2.15. The molecule has 0 radical (unpaired) electrons. The summed E-state index contributed by atoms with van der Waals surface area (Å²) in [6.45, 7) is 0.901. The Bertz CT molecular complexity index is 311. The third-order valence-corrected chi connectivity index (χ3v) is 2.65. The van der Waals surface area contributed by atoms with Crippen LogP contribution in [0.25, 0.3) is 0 Å². The van der Waals surface area contributed by atoms with Crippen LogP contribution >= 0.6 is 0 Å². The number of benzene rings is 1. The van der Waals surface area contributed by atoms with Gasteiger partial charge in [-0.25, -0.2) is 0 Å². The zero-order chi connectivity index (χ0) is 11.8. The minimum absolute atomic E-state index is 0.0136. The summed E-state index contributed by atoms with van der Waals surface area (Å²) < 4.78 is 0. The Morgan fingerprint density at radius 1 is 1.25 bits per heavy atom. The van der Waals surface area contributed by atoms with Gasteiger partial charge in [0.2, 0.25) is 5.91 Å². The van der Waals surface area contributed by atoms with E-state index in [1.165, 1.54) is 5.56 Å². The van der Waals surface area contributed by atoms with Gasteiger partial charge in [0.1, 0.15) is 0 Å². The molecule has 0 bridgehead atoms. The Morgan fingerprint density at radius 2 is 1.94 bits per heavy atom. The van der Waals surface area contributed by atoms with E-state index in [1.807, 2.05) is 6.07 Å². The molecule has 0 spiro atoms. The third-order valence-electron chi connectivity index (χ3n) is 2.65. The summed E-state index contributed by atoms with van der Waals surface area (Å²) in [7, 11) is 1.80. The number of carbonyl (C=O) groups excluding carboxylic acids is 1. The second-order valence-corrected chi connectivity index (χ2v) is 3.96. The van der Waals surface area contributed by atoms with Gasteiger partial charge in [-0.2, -0.15) is 0 Å². The van der Waals surface area contributed by atoms with Crippen molar-refractivity contribution in [3.05, 3.63) is 35.9 Å². The predicted octanol–water partition coefficient (Wildman–Crippen LogP) is 1.43. The van der Waals surface area contributed by atoms with Crippen molar-refractivity contribution in [3.63, 3.8) is 0 Å². The summed E-state index contributed by atoms with van der Waals surface area (Å²) >= 11 is 0. The number of hydrogen-bond acceptors (Lipinski definition) is 2. The lowest BCUT2D eigenvalue weighted by atomic mass is 10.1. The highest BCUT2D eigenvalue weighted by atomic mass is 16.2. The van der Waals surface area contributed by atoms with E-state index in [1.54, 1.807) is 11.9 Å². The summed E-state index contributed by atoms with van der Waals surface area (Å²) in [5.41, 5.74) is 6.63. The summed E-state index contributed by atoms with van der Waals surface area (Å²) in [6.07, 6.45) is 3.20. The average Bonchev–Trinajstić information content (AvgIpc) is 2.34. The van der Waals surface area contributed by atoms with Gasteiger partial charge in [-0.15, -0.1) is 0 Å². The summed E-state index contributed by atoms with van der Waals surface area (Å²) in [4.78, 5) is 12.9. The van der Waals surface area contributed by atoms with Crippen LogP contribution in [0.1, 0.15) is 18.4 Å². The maximum Gasteiger partial charge on any atom is 0.236 e.